The molecule has 1 amide bonds. The number of rotatable bonds is 5. The van der Waals surface area contributed by atoms with Crippen LogP contribution in [-0.2, 0) is 0 Å². The zero-order valence-corrected chi connectivity index (χ0v) is 13.0. The van der Waals surface area contributed by atoms with E-state index in [0.29, 0.717) is 24.3 Å². The van der Waals surface area contributed by atoms with Crippen LogP contribution in [0.5, 0.6) is 0 Å². The largest absolute Gasteiger partial charge is 0.393 e. The Hall–Kier alpha value is -2.21. The van der Waals surface area contributed by atoms with Gasteiger partial charge >= 0.3 is 0 Å². The molecule has 1 N–H and O–H groups in total. The molecule has 6 heteroatoms. The molecular weight excluding hydrogens is 285 g/mol. The molecule has 22 heavy (non-hydrogen) atoms. The van der Waals surface area contributed by atoms with Crippen molar-refractivity contribution in [2.24, 2.45) is 0 Å². The van der Waals surface area contributed by atoms with Crippen LogP contribution >= 0.6 is 0 Å². The molecule has 1 aromatic heterocycles. The predicted molar refractivity (Wildman–Crippen MR) is 81.5 cm³/mol. The highest BCUT2D eigenvalue weighted by atomic mass is 19.1. The van der Waals surface area contributed by atoms with Gasteiger partial charge in [0, 0.05) is 19.3 Å². The molecule has 0 aliphatic heterocycles. The molecule has 2 rings (SSSR count). The summed E-state index contributed by atoms with van der Waals surface area (Å²) in [7, 11) is 1.68. The molecule has 1 unspecified atom stereocenters. The van der Waals surface area contributed by atoms with Gasteiger partial charge in [0.15, 0.2) is 5.69 Å². The third-order valence-electron chi connectivity index (χ3n) is 3.41. The SMILES string of the molecule is Cc1cc(C(=O)N(C)CCC(C)O)nn1-c1ccc(F)cc1. The van der Waals surface area contributed by atoms with E-state index in [1.54, 1.807) is 36.9 Å². The van der Waals surface area contributed by atoms with E-state index in [0.717, 1.165) is 5.69 Å². The summed E-state index contributed by atoms with van der Waals surface area (Å²) < 4.78 is 14.6. The molecule has 0 aliphatic rings. The van der Waals surface area contributed by atoms with Gasteiger partial charge in [-0.15, -0.1) is 0 Å². The van der Waals surface area contributed by atoms with Gasteiger partial charge in [-0.3, -0.25) is 4.79 Å². The van der Waals surface area contributed by atoms with Gasteiger partial charge in [-0.2, -0.15) is 5.10 Å². The number of hydrogen-bond acceptors (Lipinski definition) is 3. The van der Waals surface area contributed by atoms with Gasteiger partial charge in [0.05, 0.1) is 11.8 Å². The molecule has 0 saturated carbocycles. The Labute approximate surface area is 129 Å². The smallest absolute Gasteiger partial charge is 0.274 e. The van der Waals surface area contributed by atoms with E-state index in [-0.39, 0.29) is 11.7 Å². The van der Waals surface area contributed by atoms with E-state index in [1.807, 2.05) is 6.92 Å². The fraction of sp³-hybridized carbons (Fsp3) is 0.375. The number of hydrogen-bond donors (Lipinski definition) is 1. The zero-order valence-electron chi connectivity index (χ0n) is 13.0. The van der Waals surface area contributed by atoms with Gasteiger partial charge in [-0.1, -0.05) is 0 Å². The van der Waals surface area contributed by atoms with Crippen molar-refractivity contribution in [1.29, 1.82) is 0 Å². The molecule has 2 aromatic rings. The van der Waals surface area contributed by atoms with Crippen LogP contribution in [-0.4, -0.2) is 45.4 Å². The van der Waals surface area contributed by atoms with E-state index >= 15 is 0 Å². The topological polar surface area (TPSA) is 58.4 Å². The van der Waals surface area contributed by atoms with E-state index < -0.39 is 6.10 Å². The van der Waals surface area contributed by atoms with Gasteiger partial charge in [0.2, 0.25) is 0 Å². The summed E-state index contributed by atoms with van der Waals surface area (Å²) in [5, 5.41) is 13.6. The third-order valence-corrected chi connectivity index (χ3v) is 3.41. The summed E-state index contributed by atoms with van der Waals surface area (Å²) in [6.07, 6.45) is 0.0636. The van der Waals surface area contributed by atoms with Crippen molar-refractivity contribution in [1.82, 2.24) is 14.7 Å². The summed E-state index contributed by atoms with van der Waals surface area (Å²) in [6.45, 7) is 3.98. The zero-order chi connectivity index (χ0) is 16.3. The van der Waals surface area contributed by atoms with Crippen LogP contribution in [0.25, 0.3) is 5.69 Å². The van der Waals surface area contributed by atoms with E-state index in [4.69, 9.17) is 0 Å². The molecule has 0 saturated heterocycles. The highest BCUT2D eigenvalue weighted by Gasteiger charge is 2.17. The summed E-state index contributed by atoms with van der Waals surface area (Å²) in [5.41, 5.74) is 1.82. The van der Waals surface area contributed by atoms with E-state index in [1.165, 1.54) is 17.0 Å². The standard InChI is InChI=1S/C16H20FN3O2/c1-11-10-15(16(22)19(3)9-8-12(2)21)18-20(11)14-6-4-13(17)5-7-14/h4-7,10,12,21H,8-9H2,1-3H3. The molecule has 1 aromatic carbocycles. The maximum absolute atomic E-state index is 13.0. The number of carbonyl (C=O) groups excluding carboxylic acids is 1. The minimum Gasteiger partial charge on any atom is -0.393 e. The summed E-state index contributed by atoms with van der Waals surface area (Å²) >= 11 is 0. The van der Waals surface area contributed by atoms with Crippen molar-refractivity contribution in [2.75, 3.05) is 13.6 Å². The highest BCUT2D eigenvalue weighted by Crippen LogP contribution is 2.14. The first-order valence-corrected chi connectivity index (χ1v) is 7.14. The fourth-order valence-corrected chi connectivity index (χ4v) is 2.10. The first-order valence-electron chi connectivity index (χ1n) is 7.14. The Kier molecular flexibility index (Phi) is 4.92. The van der Waals surface area contributed by atoms with Crippen molar-refractivity contribution < 1.29 is 14.3 Å². The number of amides is 1. The lowest BCUT2D eigenvalue weighted by Gasteiger charge is -2.16. The van der Waals surface area contributed by atoms with Gasteiger partial charge in [0.1, 0.15) is 5.82 Å². The normalized spacial score (nSPS) is 12.2. The second kappa shape index (κ2) is 6.70. The Morgan fingerprint density at radius 3 is 2.64 bits per heavy atom. The second-order valence-electron chi connectivity index (χ2n) is 5.42. The van der Waals surface area contributed by atoms with Gasteiger partial charge in [0.25, 0.3) is 5.91 Å². The molecule has 0 bridgehead atoms. The number of nitrogens with zero attached hydrogens (tertiary/aromatic N) is 3. The first kappa shape index (κ1) is 16.2. The van der Waals surface area contributed by atoms with Crippen LogP contribution in [0.4, 0.5) is 4.39 Å². The number of aromatic nitrogens is 2. The van der Waals surface area contributed by atoms with Gasteiger partial charge in [-0.05, 0) is 50.6 Å². The molecule has 0 spiro atoms. The van der Waals surface area contributed by atoms with Crippen molar-refractivity contribution in [3.05, 3.63) is 47.5 Å². The first-order chi connectivity index (χ1) is 10.4. The average molecular weight is 305 g/mol. The van der Waals surface area contributed by atoms with Crippen LogP contribution in [0.15, 0.2) is 30.3 Å². The van der Waals surface area contributed by atoms with Crippen molar-refractivity contribution in [3.63, 3.8) is 0 Å². The number of aliphatic hydroxyl groups excluding tert-OH is 1. The minimum atomic E-state index is -0.450. The van der Waals surface area contributed by atoms with Gasteiger partial charge < -0.3 is 10.0 Å². The Morgan fingerprint density at radius 2 is 2.05 bits per heavy atom. The lowest BCUT2D eigenvalue weighted by molar-refractivity contribution is 0.0762. The number of benzene rings is 1. The highest BCUT2D eigenvalue weighted by molar-refractivity contribution is 5.92. The molecule has 1 atom stereocenters. The molecule has 0 radical (unpaired) electrons. The molecule has 1 heterocycles. The number of aryl methyl sites for hydroxylation is 1. The molecule has 0 aliphatic carbocycles. The molecule has 0 fully saturated rings. The Morgan fingerprint density at radius 1 is 1.41 bits per heavy atom. The van der Waals surface area contributed by atoms with Crippen LogP contribution in [0.2, 0.25) is 0 Å². The maximum atomic E-state index is 13.0. The van der Waals surface area contributed by atoms with Crippen LogP contribution in [0, 0.1) is 12.7 Å². The molecule has 5 nitrogen and oxygen atoms in total. The van der Waals surface area contributed by atoms with Crippen LogP contribution < -0.4 is 0 Å². The number of carbonyl (C=O) groups is 1. The summed E-state index contributed by atoms with van der Waals surface area (Å²) in [5.74, 6) is -0.521. The van der Waals surface area contributed by atoms with Crippen molar-refractivity contribution in [3.8, 4) is 5.69 Å². The lowest BCUT2D eigenvalue weighted by Crippen LogP contribution is -2.29. The van der Waals surface area contributed by atoms with Crippen molar-refractivity contribution >= 4 is 5.91 Å². The predicted octanol–water partition coefficient (Wildman–Crippen LogP) is 2.16. The molecule has 118 valence electrons. The van der Waals surface area contributed by atoms with Gasteiger partial charge in [-0.25, -0.2) is 9.07 Å². The lowest BCUT2D eigenvalue weighted by atomic mass is 10.2. The average Bonchev–Trinajstić information content (AvgIpc) is 2.86. The third kappa shape index (κ3) is 3.71. The number of aliphatic hydroxyl groups is 1. The molecular formula is C16H20FN3O2. The van der Waals surface area contributed by atoms with E-state index in [2.05, 4.69) is 5.10 Å². The monoisotopic (exact) mass is 305 g/mol. The minimum absolute atomic E-state index is 0.204. The van der Waals surface area contributed by atoms with Crippen molar-refractivity contribution in [2.45, 2.75) is 26.4 Å². The maximum Gasteiger partial charge on any atom is 0.274 e. The Balaban J connectivity index is 2.18. The fourth-order valence-electron chi connectivity index (χ4n) is 2.10. The second-order valence-corrected chi connectivity index (χ2v) is 5.42. The number of halogens is 1. The summed E-state index contributed by atoms with van der Waals surface area (Å²) in [4.78, 5) is 13.8. The van der Waals surface area contributed by atoms with Crippen LogP contribution in [0.3, 0.4) is 0 Å². The Bertz CT molecular complexity index is 650. The van der Waals surface area contributed by atoms with Crippen LogP contribution in [0.1, 0.15) is 29.5 Å². The van der Waals surface area contributed by atoms with E-state index in [9.17, 15) is 14.3 Å². The summed E-state index contributed by atoms with van der Waals surface area (Å²) in [6, 6.07) is 7.63. The quantitative estimate of drug-likeness (QED) is 0.921.